The number of hydrogen-bond donors (Lipinski definition) is 5. The Morgan fingerprint density at radius 1 is 1.08 bits per heavy atom. The van der Waals surface area contributed by atoms with Crippen molar-refractivity contribution in [2.45, 2.75) is 96.1 Å². The van der Waals surface area contributed by atoms with Crippen LogP contribution in [0, 0.1) is 5.82 Å². The van der Waals surface area contributed by atoms with Gasteiger partial charge in [0.15, 0.2) is 5.82 Å². The lowest BCUT2D eigenvalue weighted by Gasteiger charge is -2.41. The summed E-state index contributed by atoms with van der Waals surface area (Å²) in [6, 6.07) is 3.29. The van der Waals surface area contributed by atoms with Gasteiger partial charge in [0.25, 0.3) is 6.47 Å². The fraction of sp³-hybridized carbons (Fsp3) is 0.571. The molecule has 0 spiro atoms. The first-order chi connectivity index (χ1) is 24.2. The molecule has 6 heterocycles. The van der Waals surface area contributed by atoms with Gasteiger partial charge in [0.2, 0.25) is 0 Å². The normalized spacial score (nSPS) is 19.4. The predicted octanol–water partition coefficient (Wildman–Crippen LogP) is 5.48. The van der Waals surface area contributed by atoms with Gasteiger partial charge in [-0.25, -0.2) is 4.39 Å². The molecule has 0 radical (unpaired) electrons. The van der Waals surface area contributed by atoms with Gasteiger partial charge in [0.05, 0.1) is 17.1 Å². The highest BCUT2D eigenvalue weighted by Gasteiger charge is 2.60. The summed E-state index contributed by atoms with van der Waals surface area (Å²) in [5, 5.41) is 41.6. The van der Waals surface area contributed by atoms with Gasteiger partial charge < -0.3 is 30.3 Å². The fourth-order valence-corrected chi connectivity index (χ4v) is 7.41. The fourth-order valence-electron chi connectivity index (χ4n) is 7.19. The monoisotopic (exact) mass is 714 g/mol. The highest BCUT2D eigenvalue weighted by molar-refractivity contribution is 6.31. The molecule has 4 aliphatic rings. The van der Waals surface area contributed by atoms with Crippen molar-refractivity contribution >= 4 is 45.7 Å². The number of anilines is 1. The Morgan fingerprint density at radius 3 is 2.44 bits per heavy atom. The number of aliphatic hydroxyl groups is 2. The Hall–Kier alpha value is -3.69. The number of aromatic nitrogens is 5. The maximum Gasteiger partial charge on any atom is 0.343 e. The minimum atomic E-state index is -2.55. The standard InChI is InChI=1S/C29H34ClFN8O3.C3H6.C2H6.CH2O2/c1-2-32-18-6-3-9-38(16-18)26-21-14-33-24(19-12-17(30)13-22-20(19)15-34-37-22)23(31)25(21)35-27(36-26)42-29(40,41)28-7-4-10-39(28)11-5-8-28;1-2-3-1;1-2;2-1-3/h12-15,18,32,40-41H,2-11,16H2,1H3,(H,34,37);1-3H2;1-2H3;1H,(H,2,3). The van der Waals surface area contributed by atoms with Crippen molar-refractivity contribution in [3.63, 3.8) is 0 Å². The van der Waals surface area contributed by atoms with Gasteiger partial charge in [-0.1, -0.05) is 51.6 Å². The molecule has 4 fully saturated rings. The molecular formula is C35H48ClFN8O5. The van der Waals surface area contributed by atoms with Crippen LogP contribution in [0.5, 0.6) is 6.01 Å². The van der Waals surface area contributed by atoms with Crippen molar-refractivity contribution in [3.8, 4) is 17.3 Å². The zero-order chi connectivity index (χ0) is 35.9. The molecule has 5 N–H and O–H groups in total. The lowest BCUT2D eigenvalue weighted by molar-refractivity contribution is -0.349. The molecule has 4 aromatic rings. The second-order valence-electron chi connectivity index (χ2n) is 12.7. The van der Waals surface area contributed by atoms with Gasteiger partial charge >= 0.3 is 12.0 Å². The van der Waals surface area contributed by atoms with Gasteiger partial charge in [-0.2, -0.15) is 15.1 Å². The van der Waals surface area contributed by atoms with Crippen LogP contribution in [-0.2, 0) is 4.79 Å². The van der Waals surface area contributed by atoms with E-state index in [0.717, 1.165) is 45.3 Å². The number of H-pyrrole nitrogens is 1. The van der Waals surface area contributed by atoms with Crippen LogP contribution in [0.1, 0.15) is 78.6 Å². The second kappa shape index (κ2) is 16.6. The molecule has 1 atom stereocenters. The van der Waals surface area contributed by atoms with Crippen molar-refractivity contribution in [2.75, 3.05) is 37.6 Å². The van der Waals surface area contributed by atoms with Crippen LogP contribution in [0.2, 0.25) is 5.02 Å². The first-order valence-corrected chi connectivity index (χ1v) is 18.0. The molecule has 3 aliphatic heterocycles. The Balaban J connectivity index is 0.000000551. The average Bonchev–Trinajstić information content (AvgIpc) is 3.63. The number of nitrogens with one attached hydrogen (secondary N) is 2. The number of rotatable bonds is 7. The molecule has 272 valence electrons. The van der Waals surface area contributed by atoms with Crippen molar-refractivity contribution in [1.29, 1.82) is 0 Å². The zero-order valence-electron chi connectivity index (χ0n) is 29.0. The molecule has 8 rings (SSSR count). The third kappa shape index (κ3) is 7.79. The molecule has 15 heteroatoms. The predicted molar refractivity (Wildman–Crippen MR) is 191 cm³/mol. The number of piperidine rings is 1. The summed E-state index contributed by atoms with van der Waals surface area (Å²) in [7, 11) is 0. The molecule has 3 aromatic heterocycles. The third-order valence-electron chi connectivity index (χ3n) is 9.47. The minimum absolute atomic E-state index is 0.0230. The van der Waals surface area contributed by atoms with Gasteiger partial charge in [0, 0.05) is 41.3 Å². The highest BCUT2D eigenvalue weighted by Crippen LogP contribution is 2.46. The summed E-state index contributed by atoms with van der Waals surface area (Å²) >= 11 is 6.36. The summed E-state index contributed by atoms with van der Waals surface area (Å²) < 4.78 is 22.4. The van der Waals surface area contributed by atoms with Gasteiger partial charge in [0.1, 0.15) is 22.6 Å². The molecule has 1 unspecified atom stereocenters. The Kier molecular flexibility index (Phi) is 12.4. The number of fused-ring (bicyclic) bond motifs is 3. The van der Waals surface area contributed by atoms with Crippen molar-refractivity contribution < 1.29 is 29.2 Å². The summed E-state index contributed by atoms with van der Waals surface area (Å²) in [6.07, 6.45) is 12.4. The number of aromatic amines is 1. The van der Waals surface area contributed by atoms with E-state index in [-0.39, 0.29) is 29.7 Å². The van der Waals surface area contributed by atoms with Crippen LogP contribution in [0.3, 0.4) is 0 Å². The smallest absolute Gasteiger partial charge is 0.343 e. The minimum Gasteiger partial charge on any atom is -0.483 e. The van der Waals surface area contributed by atoms with E-state index in [4.69, 9.17) is 26.2 Å². The average molecular weight is 715 g/mol. The van der Waals surface area contributed by atoms with Crippen molar-refractivity contribution in [3.05, 3.63) is 35.4 Å². The molecule has 50 heavy (non-hydrogen) atoms. The first kappa shape index (κ1) is 37.6. The lowest BCUT2D eigenvalue weighted by atomic mass is 9.91. The number of likely N-dealkylation sites (N-methyl/N-ethyl adjacent to an activating group) is 1. The van der Waals surface area contributed by atoms with E-state index in [1.165, 1.54) is 19.3 Å². The third-order valence-corrected chi connectivity index (χ3v) is 9.69. The Labute approximate surface area is 296 Å². The molecule has 0 amide bonds. The number of ether oxygens (including phenoxy) is 1. The lowest BCUT2D eigenvalue weighted by Crippen LogP contribution is -2.62. The van der Waals surface area contributed by atoms with Crippen LogP contribution in [0.25, 0.3) is 33.1 Å². The number of pyridine rings is 1. The summed E-state index contributed by atoms with van der Waals surface area (Å²) in [6.45, 7) is 9.52. The Morgan fingerprint density at radius 2 is 1.78 bits per heavy atom. The van der Waals surface area contributed by atoms with E-state index in [1.807, 2.05) is 13.8 Å². The van der Waals surface area contributed by atoms with Crippen LogP contribution in [-0.4, -0.2) is 102 Å². The molecule has 1 aliphatic carbocycles. The largest absolute Gasteiger partial charge is 0.483 e. The zero-order valence-corrected chi connectivity index (χ0v) is 29.7. The van der Waals surface area contributed by atoms with E-state index in [9.17, 15) is 10.2 Å². The molecule has 0 bridgehead atoms. The molecule has 1 aromatic carbocycles. The number of carbonyl (C=O) groups is 1. The van der Waals surface area contributed by atoms with Crippen LogP contribution >= 0.6 is 11.6 Å². The maximum absolute atomic E-state index is 16.5. The van der Waals surface area contributed by atoms with Gasteiger partial charge in [-0.3, -0.25) is 19.8 Å². The van der Waals surface area contributed by atoms with Crippen LogP contribution in [0.4, 0.5) is 10.2 Å². The molecule has 13 nitrogen and oxygen atoms in total. The van der Waals surface area contributed by atoms with E-state index < -0.39 is 17.3 Å². The molecule has 3 saturated heterocycles. The van der Waals surface area contributed by atoms with E-state index >= 15 is 4.39 Å². The first-order valence-electron chi connectivity index (χ1n) is 17.7. The van der Waals surface area contributed by atoms with E-state index in [2.05, 4.69) is 47.2 Å². The maximum atomic E-state index is 16.5. The number of halogens is 2. The second-order valence-corrected chi connectivity index (χ2v) is 13.2. The van der Waals surface area contributed by atoms with Crippen LogP contribution in [0.15, 0.2) is 24.5 Å². The number of carboxylic acid groups (broad SMARTS) is 1. The van der Waals surface area contributed by atoms with Gasteiger partial charge in [-0.05, 0) is 70.3 Å². The van der Waals surface area contributed by atoms with Gasteiger partial charge in [-0.15, -0.1) is 0 Å². The number of hydrogen-bond acceptors (Lipinski definition) is 11. The highest BCUT2D eigenvalue weighted by atomic mass is 35.5. The molecular weight excluding hydrogens is 667 g/mol. The summed E-state index contributed by atoms with van der Waals surface area (Å²) in [5.74, 6) is -2.80. The van der Waals surface area contributed by atoms with E-state index in [1.54, 1.807) is 24.5 Å². The SMILES string of the molecule is C1CC1.CC.CCNC1CCCN(c2nc(OC(O)(O)C34CCCN3CCC4)nc3c(F)c(-c4cc(Cl)cc5[nH]ncc45)ncc23)C1.O=CO. The summed E-state index contributed by atoms with van der Waals surface area (Å²) in [5.41, 5.74) is 0.180. The van der Waals surface area contributed by atoms with E-state index in [0.29, 0.717) is 58.6 Å². The van der Waals surface area contributed by atoms with Crippen molar-refractivity contribution in [2.24, 2.45) is 0 Å². The summed E-state index contributed by atoms with van der Waals surface area (Å²) in [4.78, 5) is 26.1. The quantitative estimate of drug-likeness (QED) is 0.121. The Bertz CT molecular complexity index is 1740. The topological polar surface area (TPSA) is 173 Å². The number of benzene rings is 1. The van der Waals surface area contributed by atoms with Crippen LogP contribution < -0.4 is 15.0 Å². The number of nitrogens with zero attached hydrogens (tertiary/aromatic N) is 6. The van der Waals surface area contributed by atoms with Crippen molar-refractivity contribution in [1.82, 2.24) is 35.4 Å². The molecule has 1 saturated carbocycles.